The summed E-state index contributed by atoms with van der Waals surface area (Å²) in [5, 5.41) is 0. The van der Waals surface area contributed by atoms with E-state index in [9.17, 15) is 0 Å². The smallest absolute Gasteiger partial charge is 0.231 e. The number of hydrogen-bond acceptors (Lipinski definition) is 5. The molecule has 0 atom stereocenters. The molecule has 5 rings (SSSR count). The molecule has 0 aliphatic carbocycles. The molecule has 5 nitrogen and oxygen atoms in total. The second-order valence-corrected chi connectivity index (χ2v) is 6.41. The van der Waals surface area contributed by atoms with E-state index in [2.05, 4.69) is 9.98 Å². The van der Waals surface area contributed by atoms with Crippen LogP contribution >= 0.6 is 0 Å². The highest BCUT2D eigenvalue weighted by Gasteiger charge is 2.12. The summed E-state index contributed by atoms with van der Waals surface area (Å²) in [6.45, 7) is 2.31. The first-order valence-corrected chi connectivity index (χ1v) is 8.66. The molecule has 0 fully saturated rings. The second kappa shape index (κ2) is 6.29. The highest BCUT2D eigenvalue weighted by Crippen LogP contribution is 2.32. The summed E-state index contributed by atoms with van der Waals surface area (Å²) in [6, 6.07) is 19.6. The van der Waals surface area contributed by atoms with Crippen LogP contribution in [0.1, 0.15) is 11.1 Å². The average Bonchev–Trinajstić information content (AvgIpc) is 3.32. The number of rotatable bonds is 3. The number of nitrogens with zero attached hydrogens (tertiary/aromatic N) is 2. The number of benzene rings is 3. The minimum atomic E-state index is 0.271. The van der Waals surface area contributed by atoms with Gasteiger partial charge in [-0.15, -0.1) is 0 Å². The van der Waals surface area contributed by atoms with Gasteiger partial charge in [-0.05, 0) is 72.6 Å². The first-order chi connectivity index (χ1) is 13.2. The normalized spacial score (nSPS) is 12.9. The van der Waals surface area contributed by atoms with Crippen molar-refractivity contribution in [2.45, 2.75) is 6.92 Å². The van der Waals surface area contributed by atoms with Crippen LogP contribution in [0, 0.1) is 6.92 Å². The van der Waals surface area contributed by atoms with E-state index in [0.717, 1.165) is 45.0 Å². The summed E-state index contributed by atoms with van der Waals surface area (Å²) in [6.07, 6.45) is 1.80. The van der Waals surface area contributed by atoms with Crippen LogP contribution in [-0.2, 0) is 0 Å². The molecule has 0 radical (unpaired) electrons. The van der Waals surface area contributed by atoms with Crippen LogP contribution in [0.5, 0.6) is 11.5 Å². The van der Waals surface area contributed by atoms with Gasteiger partial charge in [0.25, 0.3) is 0 Å². The van der Waals surface area contributed by atoms with Crippen molar-refractivity contribution in [3.8, 4) is 23.0 Å². The Morgan fingerprint density at radius 3 is 2.67 bits per heavy atom. The zero-order chi connectivity index (χ0) is 18.2. The van der Waals surface area contributed by atoms with E-state index < -0.39 is 0 Å². The van der Waals surface area contributed by atoms with Crippen molar-refractivity contribution >= 4 is 23.0 Å². The van der Waals surface area contributed by atoms with E-state index in [-0.39, 0.29) is 6.79 Å². The van der Waals surface area contributed by atoms with Gasteiger partial charge in [0.1, 0.15) is 5.52 Å². The lowest BCUT2D eigenvalue weighted by Gasteiger charge is -1.99. The quantitative estimate of drug-likeness (QED) is 0.469. The fourth-order valence-electron chi connectivity index (χ4n) is 2.99. The second-order valence-electron chi connectivity index (χ2n) is 6.41. The van der Waals surface area contributed by atoms with Crippen LogP contribution in [-0.4, -0.2) is 18.0 Å². The molecular weight excluding hydrogens is 340 g/mol. The van der Waals surface area contributed by atoms with Gasteiger partial charge in [0, 0.05) is 11.8 Å². The van der Waals surface area contributed by atoms with Gasteiger partial charge >= 0.3 is 0 Å². The van der Waals surface area contributed by atoms with E-state index in [1.54, 1.807) is 6.21 Å². The summed E-state index contributed by atoms with van der Waals surface area (Å²) in [7, 11) is 0. The Labute approximate surface area is 155 Å². The molecule has 1 aliphatic rings. The van der Waals surface area contributed by atoms with E-state index in [1.165, 1.54) is 0 Å². The maximum absolute atomic E-state index is 5.85. The minimum Gasteiger partial charge on any atom is -0.454 e. The third kappa shape index (κ3) is 3.04. The Hall–Kier alpha value is -3.60. The summed E-state index contributed by atoms with van der Waals surface area (Å²) >= 11 is 0. The first-order valence-electron chi connectivity index (χ1n) is 8.66. The number of fused-ring (bicyclic) bond motifs is 2. The third-order valence-electron chi connectivity index (χ3n) is 4.42. The van der Waals surface area contributed by atoms with E-state index in [4.69, 9.17) is 13.9 Å². The van der Waals surface area contributed by atoms with Crippen molar-refractivity contribution in [1.29, 1.82) is 0 Å². The average molecular weight is 356 g/mol. The fourth-order valence-corrected chi connectivity index (χ4v) is 2.99. The fraction of sp³-hybridized carbons (Fsp3) is 0.0909. The lowest BCUT2D eigenvalue weighted by Crippen LogP contribution is -1.92. The standard InChI is InChI=1S/C22H16N2O3/c1-14-2-8-19-18(10-14)24-22(27-19)16-4-6-17(7-5-16)23-12-15-3-9-20-21(11-15)26-13-25-20/h2-12H,13H2,1H3. The molecule has 132 valence electrons. The molecule has 4 aromatic rings. The number of ether oxygens (including phenoxy) is 2. The molecule has 1 aromatic heterocycles. The molecule has 0 saturated heterocycles. The molecule has 0 spiro atoms. The van der Waals surface area contributed by atoms with Crippen LogP contribution in [0.2, 0.25) is 0 Å². The minimum absolute atomic E-state index is 0.271. The molecule has 3 aromatic carbocycles. The Morgan fingerprint density at radius 1 is 0.926 bits per heavy atom. The lowest BCUT2D eigenvalue weighted by molar-refractivity contribution is 0.174. The SMILES string of the molecule is Cc1ccc2oc(-c3ccc(N=Cc4ccc5c(c4)OCO5)cc3)nc2c1. The van der Waals surface area contributed by atoms with Crippen LogP contribution < -0.4 is 9.47 Å². The highest BCUT2D eigenvalue weighted by molar-refractivity contribution is 5.83. The summed E-state index contributed by atoms with van der Waals surface area (Å²) < 4.78 is 16.6. The molecule has 1 aliphatic heterocycles. The Morgan fingerprint density at radius 2 is 1.78 bits per heavy atom. The van der Waals surface area contributed by atoms with Gasteiger partial charge in [-0.1, -0.05) is 6.07 Å². The third-order valence-corrected chi connectivity index (χ3v) is 4.42. The van der Waals surface area contributed by atoms with Crippen molar-refractivity contribution < 1.29 is 13.9 Å². The summed E-state index contributed by atoms with van der Waals surface area (Å²) in [5.74, 6) is 2.13. The molecule has 2 heterocycles. The predicted molar refractivity (Wildman–Crippen MR) is 104 cm³/mol. The van der Waals surface area contributed by atoms with Crippen LogP contribution in [0.25, 0.3) is 22.6 Å². The van der Waals surface area contributed by atoms with Crippen molar-refractivity contribution in [3.63, 3.8) is 0 Å². The largest absolute Gasteiger partial charge is 0.454 e. The molecule has 5 heteroatoms. The molecule has 0 unspecified atom stereocenters. The van der Waals surface area contributed by atoms with Crippen LogP contribution in [0.3, 0.4) is 0 Å². The number of aryl methyl sites for hydroxylation is 1. The van der Waals surface area contributed by atoms with Gasteiger partial charge < -0.3 is 13.9 Å². The number of oxazole rings is 1. The number of aromatic nitrogens is 1. The Kier molecular flexibility index (Phi) is 3.64. The van der Waals surface area contributed by atoms with Crippen molar-refractivity contribution in [2.75, 3.05) is 6.79 Å². The topological polar surface area (TPSA) is 56.9 Å². The monoisotopic (exact) mass is 356 g/mol. The van der Waals surface area contributed by atoms with Gasteiger partial charge in [0.2, 0.25) is 12.7 Å². The number of hydrogen-bond donors (Lipinski definition) is 0. The van der Waals surface area contributed by atoms with Gasteiger partial charge in [-0.3, -0.25) is 4.99 Å². The summed E-state index contributed by atoms with van der Waals surface area (Å²) in [4.78, 5) is 9.09. The van der Waals surface area contributed by atoms with Crippen molar-refractivity contribution in [2.24, 2.45) is 4.99 Å². The van der Waals surface area contributed by atoms with Gasteiger partial charge in [0.15, 0.2) is 17.1 Å². The number of aliphatic imine (C=N–C) groups is 1. The van der Waals surface area contributed by atoms with Crippen LogP contribution in [0.15, 0.2) is 70.1 Å². The maximum atomic E-state index is 5.85. The molecule has 27 heavy (non-hydrogen) atoms. The van der Waals surface area contributed by atoms with Crippen LogP contribution in [0.4, 0.5) is 5.69 Å². The Bertz CT molecular complexity index is 1160. The zero-order valence-corrected chi connectivity index (χ0v) is 14.7. The predicted octanol–water partition coefficient (Wildman–Crippen LogP) is 5.28. The van der Waals surface area contributed by atoms with Crippen molar-refractivity contribution in [3.05, 3.63) is 71.8 Å². The van der Waals surface area contributed by atoms with Crippen molar-refractivity contribution in [1.82, 2.24) is 4.98 Å². The molecule has 0 saturated carbocycles. The summed E-state index contributed by atoms with van der Waals surface area (Å²) in [5.41, 5.74) is 5.55. The maximum Gasteiger partial charge on any atom is 0.231 e. The molecule has 0 amide bonds. The zero-order valence-electron chi connectivity index (χ0n) is 14.7. The first kappa shape index (κ1) is 15.6. The van der Waals surface area contributed by atoms with E-state index in [1.807, 2.05) is 67.6 Å². The van der Waals surface area contributed by atoms with Gasteiger partial charge in [-0.25, -0.2) is 4.98 Å². The molecule has 0 N–H and O–H groups in total. The van der Waals surface area contributed by atoms with Gasteiger partial charge in [0.05, 0.1) is 5.69 Å². The van der Waals surface area contributed by atoms with E-state index in [0.29, 0.717) is 5.89 Å². The Balaban J connectivity index is 1.37. The van der Waals surface area contributed by atoms with Gasteiger partial charge in [-0.2, -0.15) is 0 Å². The molecule has 0 bridgehead atoms. The lowest BCUT2D eigenvalue weighted by atomic mass is 10.2. The molecular formula is C22H16N2O3. The van der Waals surface area contributed by atoms with E-state index >= 15 is 0 Å². The highest BCUT2D eigenvalue weighted by atomic mass is 16.7.